The monoisotopic (exact) mass is 440 g/mol. The predicted octanol–water partition coefficient (Wildman–Crippen LogP) is -0.295. The van der Waals surface area contributed by atoms with Crippen molar-refractivity contribution in [3.8, 4) is 0 Å². The van der Waals surface area contributed by atoms with Crippen LogP contribution in [0.25, 0.3) is 0 Å². The summed E-state index contributed by atoms with van der Waals surface area (Å²) in [5, 5.41) is 16.5. The van der Waals surface area contributed by atoms with Gasteiger partial charge in [-0.1, -0.05) is 36.8 Å². The van der Waals surface area contributed by atoms with E-state index in [1.807, 2.05) is 0 Å². The Labute approximate surface area is 186 Å². The molecule has 3 heterocycles. The lowest BCUT2D eigenvalue weighted by Gasteiger charge is -2.30. The number of carbonyl (C=O) groups is 4. The number of aliphatic hydroxyl groups is 1. The van der Waals surface area contributed by atoms with Crippen molar-refractivity contribution >= 4 is 23.6 Å². The molecular weight excluding hydrogens is 412 g/mol. The molecule has 4 fully saturated rings. The Morgan fingerprint density at radius 1 is 1.12 bits per heavy atom. The summed E-state index contributed by atoms with van der Waals surface area (Å²) in [6, 6.07) is 6.34. The summed E-state index contributed by atoms with van der Waals surface area (Å²) in [6.45, 7) is 0.534. The third-order valence-electron chi connectivity index (χ3n) is 7.32. The average Bonchev–Trinajstić information content (AvgIpc) is 3.34. The number of benzene rings is 1. The van der Waals surface area contributed by atoms with Crippen LogP contribution in [0.1, 0.15) is 43.8 Å². The molecule has 0 radical (unpaired) electrons. The molecule has 0 bridgehead atoms. The Balaban J connectivity index is 1.32. The van der Waals surface area contributed by atoms with Crippen molar-refractivity contribution < 1.29 is 24.3 Å². The molecule has 3 saturated heterocycles. The van der Waals surface area contributed by atoms with Gasteiger partial charge in [-0.3, -0.25) is 19.2 Å². The smallest absolute Gasteiger partial charge is 0.256 e. The Bertz CT molecular complexity index is 934. The number of nitrogens with one attached hydrogen (secondary N) is 2. The molecule has 0 spiro atoms. The van der Waals surface area contributed by atoms with E-state index >= 15 is 0 Å². The summed E-state index contributed by atoms with van der Waals surface area (Å²) < 4.78 is 0. The maximum Gasteiger partial charge on any atom is 0.256 e. The van der Waals surface area contributed by atoms with Gasteiger partial charge in [0.25, 0.3) is 5.91 Å². The van der Waals surface area contributed by atoms with Crippen LogP contribution in [-0.2, 0) is 19.2 Å². The fourth-order valence-electron chi connectivity index (χ4n) is 5.30. The third-order valence-corrected chi connectivity index (χ3v) is 7.32. The molecule has 32 heavy (non-hydrogen) atoms. The molecule has 9 nitrogen and oxygen atoms in total. The zero-order valence-electron chi connectivity index (χ0n) is 17.8. The zero-order chi connectivity index (χ0) is 22.4. The van der Waals surface area contributed by atoms with Crippen molar-refractivity contribution in [3.05, 3.63) is 35.9 Å². The maximum atomic E-state index is 13.5. The molecule has 5 atom stereocenters. The topological polar surface area (TPSA) is 119 Å². The van der Waals surface area contributed by atoms with Gasteiger partial charge in [0.15, 0.2) is 6.10 Å². The van der Waals surface area contributed by atoms with E-state index in [1.54, 1.807) is 30.3 Å². The Morgan fingerprint density at radius 2 is 1.88 bits per heavy atom. The quantitative estimate of drug-likeness (QED) is 0.594. The second-order valence-corrected chi connectivity index (χ2v) is 9.27. The van der Waals surface area contributed by atoms with Gasteiger partial charge in [-0.2, -0.15) is 0 Å². The summed E-state index contributed by atoms with van der Waals surface area (Å²) in [7, 11) is 0. The molecule has 1 aromatic carbocycles. The number of aliphatic hydroxyl groups excluding tert-OH is 1. The van der Waals surface area contributed by atoms with Crippen LogP contribution >= 0.6 is 0 Å². The summed E-state index contributed by atoms with van der Waals surface area (Å²) in [5.74, 6) is -1.06. The minimum Gasteiger partial charge on any atom is -0.378 e. The van der Waals surface area contributed by atoms with Crippen molar-refractivity contribution in [3.63, 3.8) is 0 Å². The molecule has 1 aliphatic carbocycles. The molecule has 5 rings (SSSR count). The molecule has 9 heteroatoms. The molecule has 1 aromatic rings. The molecule has 0 aromatic heterocycles. The summed E-state index contributed by atoms with van der Waals surface area (Å²) in [6.07, 6.45) is 2.28. The van der Waals surface area contributed by atoms with E-state index < -0.39 is 30.1 Å². The molecular formula is C23H28N4O5. The van der Waals surface area contributed by atoms with Crippen molar-refractivity contribution in [2.24, 2.45) is 5.92 Å². The molecule has 1 saturated carbocycles. The van der Waals surface area contributed by atoms with Crippen LogP contribution in [0, 0.1) is 5.92 Å². The van der Waals surface area contributed by atoms with E-state index in [1.165, 1.54) is 9.80 Å². The summed E-state index contributed by atoms with van der Waals surface area (Å²) in [4.78, 5) is 54.7. The van der Waals surface area contributed by atoms with Gasteiger partial charge in [-0.15, -0.1) is 0 Å². The van der Waals surface area contributed by atoms with Crippen LogP contribution in [-0.4, -0.2) is 75.8 Å². The van der Waals surface area contributed by atoms with Gasteiger partial charge in [-0.05, 0) is 31.2 Å². The molecule has 4 aliphatic rings. The van der Waals surface area contributed by atoms with Crippen LogP contribution in [0.2, 0.25) is 0 Å². The first-order valence-corrected chi connectivity index (χ1v) is 11.4. The highest BCUT2D eigenvalue weighted by Crippen LogP contribution is 2.32. The van der Waals surface area contributed by atoms with Gasteiger partial charge in [0.05, 0.1) is 6.04 Å². The van der Waals surface area contributed by atoms with E-state index in [9.17, 15) is 24.3 Å². The fraction of sp³-hybridized carbons (Fsp3) is 0.565. The van der Waals surface area contributed by atoms with Crippen LogP contribution in [0.15, 0.2) is 30.3 Å². The van der Waals surface area contributed by atoms with Gasteiger partial charge in [0, 0.05) is 25.0 Å². The normalized spacial score (nSPS) is 30.7. The Morgan fingerprint density at radius 3 is 2.56 bits per heavy atom. The minimum absolute atomic E-state index is 0.00621. The van der Waals surface area contributed by atoms with Crippen molar-refractivity contribution in [2.45, 2.75) is 62.4 Å². The molecule has 3 N–H and O–H groups in total. The second kappa shape index (κ2) is 8.20. The van der Waals surface area contributed by atoms with E-state index in [0.29, 0.717) is 18.4 Å². The first-order valence-electron chi connectivity index (χ1n) is 11.4. The first-order chi connectivity index (χ1) is 15.4. The number of amides is 4. The van der Waals surface area contributed by atoms with Gasteiger partial charge in [0.1, 0.15) is 12.1 Å². The van der Waals surface area contributed by atoms with E-state index in [4.69, 9.17) is 0 Å². The summed E-state index contributed by atoms with van der Waals surface area (Å²) >= 11 is 0. The predicted molar refractivity (Wildman–Crippen MR) is 113 cm³/mol. The molecule has 4 amide bonds. The van der Waals surface area contributed by atoms with Crippen molar-refractivity contribution in [1.82, 2.24) is 20.4 Å². The van der Waals surface area contributed by atoms with Gasteiger partial charge in [-0.25, -0.2) is 0 Å². The lowest BCUT2D eigenvalue weighted by Crippen LogP contribution is -2.53. The zero-order valence-corrected chi connectivity index (χ0v) is 17.8. The number of hydrogen-bond donors (Lipinski definition) is 3. The second-order valence-electron chi connectivity index (χ2n) is 9.27. The Kier molecular flexibility index (Phi) is 5.36. The third kappa shape index (κ3) is 3.54. The highest BCUT2D eigenvalue weighted by Gasteiger charge is 2.53. The minimum atomic E-state index is -1.37. The lowest BCUT2D eigenvalue weighted by atomic mass is 9.84. The average molecular weight is 441 g/mol. The van der Waals surface area contributed by atoms with E-state index in [2.05, 4.69) is 10.6 Å². The van der Waals surface area contributed by atoms with Crippen LogP contribution in [0.3, 0.4) is 0 Å². The number of fused-ring (bicyclic) bond motifs is 2. The van der Waals surface area contributed by atoms with Crippen molar-refractivity contribution in [1.29, 1.82) is 0 Å². The molecule has 170 valence electrons. The standard InChI is InChI=1S/C23H28N4O5/c28-19(13-5-2-1-3-6-13)23(32)26-10-9-16-18(26)22(31)27-12-15(11-17(27)21(30)25-16)24-20(29)14-7-4-8-14/h1-3,5-6,14-19,28H,4,7-12H2,(H,24,29)(H,25,30). The molecule has 3 aliphatic heterocycles. The number of hydrogen-bond acceptors (Lipinski definition) is 5. The van der Waals surface area contributed by atoms with Gasteiger partial charge < -0.3 is 25.5 Å². The maximum absolute atomic E-state index is 13.5. The number of nitrogens with zero attached hydrogens (tertiary/aromatic N) is 2. The lowest BCUT2D eigenvalue weighted by molar-refractivity contribution is -0.149. The van der Waals surface area contributed by atoms with Gasteiger partial charge >= 0.3 is 0 Å². The Hall–Kier alpha value is -2.94. The van der Waals surface area contributed by atoms with Crippen LogP contribution in [0.4, 0.5) is 0 Å². The highest BCUT2D eigenvalue weighted by atomic mass is 16.3. The molecule has 5 unspecified atom stereocenters. The van der Waals surface area contributed by atoms with Crippen LogP contribution in [0.5, 0.6) is 0 Å². The van der Waals surface area contributed by atoms with E-state index in [0.717, 1.165) is 19.3 Å². The van der Waals surface area contributed by atoms with Crippen LogP contribution < -0.4 is 10.6 Å². The largest absolute Gasteiger partial charge is 0.378 e. The van der Waals surface area contributed by atoms with Gasteiger partial charge in [0.2, 0.25) is 17.7 Å². The number of carbonyl (C=O) groups excluding carboxylic acids is 4. The van der Waals surface area contributed by atoms with E-state index in [-0.39, 0.29) is 42.8 Å². The number of likely N-dealkylation sites (tertiary alicyclic amines) is 1. The first kappa shape index (κ1) is 20.9. The van der Waals surface area contributed by atoms with Crippen molar-refractivity contribution in [2.75, 3.05) is 13.1 Å². The number of rotatable bonds is 4. The summed E-state index contributed by atoms with van der Waals surface area (Å²) in [5.41, 5.74) is 0.462. The SMILES string of the molecule is O=C(NC1CC2C(=O)NC3CCN(C(=O)C(O)c4ccccc4)C3C(=O)N2C1)C1CCC1. The highest BCUT2D eigenvalue weighted by molar-refractivity contribution is 5.97. The fourth-order valence-corrected chi connectivity index (χ4v) is 5.30.